The van der Waals surface area contributed by atoms with Gasteiger partial charge in [-0.2, -0.15) is 0 Å². The first kappa shape index (κ1) is 23.0. The molecule has 2 N–H and O–H groups in total. The third kappa shape index (κ3) is 6.63. The average molecular weight is 500 g/mol. The number of aryl methyl sites for hydroxylation is 1. The number of guanidine groups is 1. The molecule has 0 unspecified atom stereocenters. The molecule has 1 aliphatic heterocycles. The van der Waals surface area contributed by atoms with Gasteiger partial charge in [0, 0.05) is 37.1 Å². The number of hydrogen-bond donors (Lipinski definition) is 2. The quantitative estimate of drug-likeness (QED) is 0.252. The Morgan fingerprint density at radius 3 is 2.68 bits per heavy atom. The van der Waals surface area contributed by atoms with Crippen molar-refractivity contribution < 1.29 is 9.15 Å². The Morgan fingerprint density at radius 1 is 1.14 bits per heavy atom. The molecule has 0 bridgehead atoms. The fraction of sp³-hybridized carbons (Fsp3) is 0.571. The van der Waals surface area contributed by atoms with E-state index in [9.17, 15) is 0 Å². The Kier molecular flexibility index (Phi) is 10.1. The molecule has 156 valence electrons. The lowest BCUT2D eigenvalue weighted by Gasteiger charge is -2.26. The van der Waals surface area contributed by atoms with Gasteiger partial charge in [-0.15, -0.1) is 24.0 Å². The number of benzene rings is 1. The molecule has 0 atom stereocenters. The van der Waals surface area contributed by atoms with Crippen molar-refractivity contribution in [3.8, 4) is 0 Å². The van der Waals surface area contributed by atoms with Crippen molar-refractivity contribution in [3.63, 3.8) is 0 Å². The maximum Gasteiger partial charge on any atom is 0.191 e. The predicted molar refractivity (Wildman–Crippen MR) is 126 cm³/mol. The van der Waals surface area contributed by atoms with Crippen molar-refractivity contribution >= 4 is 40.9 Å². The molecule has 6 nitrogen and oxygen atoms in total. The van der Waals surface area contributed by atoms with Gasteiger partial charge < -0.3 is 19.8 Å². The van der Waals surface area contributed by atoms with Crippen molar-refractivity contribution in [1.29, 1.82) is 0 Å². The lowest BCUT2D eigenvalue weighted by Crippen LogP contribution is -2.39. The second kappa shape index (κ2) is 12.3. The summed E-state index contributed by atoms with van der Waals surface area (Å²) in [4.78, 5) is 7.18. The first-order valence-electron chi connectivity index (χ1n) is 10.1. The number of fused-ring (bicyclic) bond motifs is 1. The number of nitrogens with zero attached hydrogens (tertiary/aromatic N) is 2. The third-order valence-corrected chi connectivity index (χ3v) is 4.96. The molecule has 3 rings (SSSR count). The first-order chi connectivity index (χ1) is 13.3. The summed E-state index contributed by atoms with van der Waals surface area (Å²) in [5.74, 6) is 1.78. The zero-order chi connectivity index (χ0) is 18.9. The van der Waals surface area contributed by atoms with Crippen LogP contribution >= 0.6 is 24.0 Å². The van der Waals surface area contributed by atoms with Crippen molar-refractivity contribution in [2.45, 2.75) is 33.2 Å². The lowest BCUT2D eigenvalue weighted by atomic mass is 10.1. The molecule has 0 aliphatic carbocycles. The van der Waals surface area contributed by atoms with Gasteiger partial charge in [0.2, 0.25) is 0 Å². The van der Waals surface area contributed by atoms with E-state index < -0.39 is 0 Å². The molecule has 7 heteroatoms. The molecule has 1 aromatic carbocycles. The Morgan fingerprint density at radius 2 is 1.93 bits per heavy atom. The smallest absolute Gasteiger partial charge is 0.191 e. The number of halogens is 1. The maximum absolute atomic E-state index is 5.96. The standard InChI is InChI=1S/C21H32N4O2.HI/c1-3-22-21(23-10-6-7-11-25-12-14-26-15-13-25)24-16-20-17(2)18-8-4-5-9-19(18)27-20;/h4-5,8-9H,3,6-7,10-16H2,1-2H3,(H2,22,23,24);1H. The van der Waals surface area contributed by atoms with E-state index in [2.05, 4.69) is 35.4 Å². The highest BCUT2D eigenvalue weighted by Crippen LogP contribution is 2.25. The molecule has 1 saturated heterocycles. The van der Waals surface area contributed by atoms with Crippen molar-refractivity contribution in [2.75, 3.05) is 45.9 Å². The van der Waals surface area contributed by atoms with E-state index in [0.29, 0.717) is 6.54 Å². The number of rotatable bonds is 8. The predicted octanol–water partition coefficient (Wildman–Crippen LogP) is 3.53. The van der Waals surface area contributed by atoms with Crippen LogP contribution < -0.4 is 10.6 Å². The van der Waals surface area contributed by atoms with Crippen LogP contribution in [0.1, 0.15) is 31.1 Å². The largest absolute Gasteiger partial charge is 0.459 e. The number of nitrogens with one attached hydrogen (secondary N) is 2. The monoisotopic (exact) mass is 500 g/mol. The number of hydrogen-bond acceptors (Lipinski definition) is 4. The van der Waals surface area contributed by atoms with E-state index >= 15 is 0 Å². The van der Waals surface area contributed by atoms with Crippen LogP contribution in [0.2, 0.25) is 0 Å². The average Bonchev–Trinajstić information content (AvgIpc) is 3.02. The zero-order valence-electron chi connectivity index (χ0n) is 17.0. The van der Waals surface area contributed by atoms with Gasteiger partial charge in [-0.3, -0.25) is 4.90 Å². The van der Waals surface area contributed by atoms with E-state index in [1.54, 1.807) is 0 Å². The molecule has 28 heavy (non-hydrogen) atoms. The van der Waals surface area contributed by atoms with E-state index in [1.807, 2.05) is 18.2 Å². The second-order valence-corrected chi connectivity index (χ2v) is 6.93. The van der Waals surface area contributed by atoms with Crippen molar-refractivity contribution in [3.05, 3.63) is 35.6 Å². The van der Waals surface area contributed by atoms with Crippen LogP contribution in [0.15, 0.2) is 33.7 Å². The van der Waals surface area contributed by atoms with Gasteiger partial charge in [-0.05, 0) is 39.3 Å². The number of furan rings is 1. The zero-order valence-corrected chi connectivity index (χ0v) is 19.3. The van der Waals surface area contributed by atoms with Gasteiger partial charge in [-0.1, -0.05) is 18.2 Å². The molecule has 2 heterocycles. The molecule has 1 aliphatic rings. The lowest BCUT2D eigenvalue weighted by molar-refractivity contribution is 0.0372. The van der Waals surface area contributed by atoms with Gasteiger partial charge in [0.15, 0.2) is 5.96 Å². The number of morpholine rings is 1. The van der Waals surface area contributed by atoms with Crippen molar-refractivity contribution in [1.82, 2.24) is 15.5 Å². The second-order valence-electron chi connectivity index (χ2n) is 6.93. The molecule has 0 radical (unpaired) electrons. The molecule has 0 spiro atoms. The first-order valence-corrected chi connectivity index (χ1v) is 10.1. The minimum atomic E-state index is 0. The molecule has 1 fully saturated rings. The van der Waals surface area contributed by atoms with E-state index in [0.717, 1.165) is 69.7 Å². The summed E-state index contributed by atoms with van der Waals surface area (Å²) >= 11 is 0. The minimum Gasteiger partial charge on any atom is -0.459 e. The van der Waals surface area contributed by atoms with Gasteiger partial charge in [0.05, 0.1) is 13.2 Å². The molecule has 1 aromatic heterocycles. The maximum atomic E-state index is 5.96. The number of aliphatic imine (C=N–C) groups is 1. The Balaban J connectivity index is 0.00000280. The van der Waals surface area contributed by atoms with Crippen LogP contribution in [0, 0.1) is 6.92 Å². The van der Waals surface area contributed by atoms with Gasteiger partial charge >= 0.3 is 0 Å². The molecule has 0 amide bonds. The van der Waals surface area contributed by atoms with Crippen LogP contribution in [-0.4, -0.2) is 56.8 Å². The van der Waals surface area contributed by atoms with Crippen LogP contribution in [0.3, 0.4) is 0 Å². The summed E-state index contributed by atoms with van der Waals surface area (Å²) in [5.41, 5.74) is 2.11. The van der Waals surface area contributed by atoms with Crippen LogP contribution in [0.4, 0.5) is 0 Å². The van der Waals surface area contributed by atoms with Crippen LogP contribution in [-0.2, 0) is 11.3 Å². The summed E-state index contributed by atoms with van der Waals surface area (Å²) in [7, 11) is 0. The van der Waals surface area contributed by atoms with Crippen LogP contribution in [0.25, 0.3) is 11.0 Å². The van der Waals surface area contributed by atoms with E-state index in [1.165, 1.54) is 17.4 Å². The SMILES string of the molecule is CCNC(=NCc1oc2ccccc2c1C)NCCCCN1CCOCC1.I. The summed E-state index contributed by atoms with van der Waals surface area (Å²) in [5, 5.41) is 7.92. The highest BCUT2D eigenvalue weighted by Gasteiger charge is 2.10. The summed E-state index contributed by atoms with van der Waals surface area (Å²) < 4.78 is 11.4. The normalized spacial score (nSPS) is 15.4. The van der Waals surface area contributed by atoms with Crippen LogP contribution in [0.5, 0.6) is 0 Å². The number of ether oxygens (including phenoxy) is 1. The van der Waals surface area contributed by atoms with Gasteiger partial charge in [0.25, 0.3) is 0 Å². The summed E-state index contributed by atoms with van der Waals surface area (Å²) in [6.45, 7) is 11.5. The fourth-order valence-corrected chi connectivity index (χ4v) is 3.36. The molecular weight excluding hydrogens is 467 g/mol. The topological polar surface area (TPSA) is 62.0 Å². The van der Waals surface area contributed by atoms with Gasteiger partial charge in [-0.25, -0.2) is 4.99 Å². The minimum absolute atomic E-state index is 0. The van der Waals surface area contributed by atoms with E-state index in [4.69, 9.17) is 14.1 Å². The Labute approximate surface area is 185 Å². The number of unbranched alkanes of at least 4 members (excludes halogenated alkanes) is 1. The molecule has 2 aromatic rings. The number of para-hydroxylation sites is 1. The third-order valence-electron chi connectivity index (χ3n) is 4.96. The van der Waals surface area contributed by atoms with Crippen molar-refractivity contribution in [2.24, 2.45) is 4.99 Å². The highest BCUT2D eigenvalue weighted by atomic mass is 127. The Bertz CT molecular complexity index is 741. The Hall–Kier alpha value is -1.32. The summed E-state index contributed by atoms with van der Waals surface area (Å²) in [6, 6.07) is 8.15. The fourth-order valence-electron chi connectivity index (χ4n) is 3.36. The van der Waals surface area contributed by atoms with E-state index in [-0.39, 0.29) is 24.0 Å². The highest BCUT2D eigenvalue weighted by molar-refractivity contribution is 14.0. The van der Waals surface area contributed by atoms with Gasteiger partial charge in [0.1, 0.15) is 17.9 Å². The summed E-state index contributed by atoms with van der Waals surface area (Å²) in [6.07, 6.45) is 2.32. The molecule has 0 saturated carbocycles. The molecular formula is C21H33IN4O2.